The molecule has 6 heteroatoms. The maximum atomic E-state index is 13.0. The van der Waals surface area contributed by atoms with Crippen molar-refractivity contribution >= 4 is 10.0 Å². The highest BCUT2D eigenvalue weighted by molar-refractivity contribution is 7.89. The van der Waals surface area contributed by atoms with Gasteiger partial charge in [-0.2, -0.15) is 0 Å². The number of piperidine rings is 1. The molecule has 1 saturated heterocycles. The third kappa shape index (κ3) is 4.89. The number of rotatable bonds is 5. The summed E-state index contributed by atoms with van der Waals surface area (Å²) in [5.41, 5.74) is 0.625. The van der Waals surface area contributed by atoms with E-state index >= 15 is 0 Å². The third-order valence-corrected chi connectivity index (χ3v) is 4.64. The molecule has 2 N–H and O–H groups in total. The minimum absolute atomic E-state index is 0.0266. The molecule has 1 unspecified atom stereocenters. The van der Waals surface area contributed by atoms with Crippen molar-refractivity contribution in [3.63, 3.8) is 0 Å². The summed E-state index contributed by atoms with van der Waals surface area (Å²) in [6.07, 6.45) is 3.06. The molecular weight excluding hydrogens is 267 g/mol. The van der Waals surface area contributed by atoms with Crippen molar-refractivity contribution in [2.24, 2.45) is 0 Å². The second-order valence-electron chi connectivity index (χ2n) is 4.88. The first-order valence-electron chi connectivity index (χ1n) is 6.50. The van der Waals surface area contributed by atoms with Gasteiger partial charge in [-0.15, -0.1) is 0 Å². The van der Waals surface area contributed by atoms with Crippen molar-refractivity contribution in [3.05, 3.63) is 35.6 Å². The molecule has 1 aliphatic heterocycles. The quantitative estimate of drug-likeness (QED) is 0.860. The van der Waals surface area contributed by atoms with E-state index < -0.39 is 10.0 Å². The van der Waals surface area contributed by atoms with E-state index in [4.69, 9.17) is 0 Å². The Bertz CT molecular complexity index is 513. The van der Waals surface area contributed by atoms with Crippen LogP contribution in [0.3, 0.4) is 0 Å². The van der Waals surface area contributed by atoms with E-state index in [0.717, 1.165) is 25.8 Å². The fourth-order valence-electron chi connectivity index (χ4n) is 2.23. The molecule has 1 fully saturated rings. The standard InChI is InChI=1S/C13H19FN2O2S/c14-12-5-3-4-11(8-12)9-16-19(17,18)10-13-6-1-2-7-15-13/h3-5,8,13,15-16H,1-2,6-7,9-10H2. The number of benzene rings is 1. The molecule has 0 radical (unpaired) electrons. The Balaban J connectivity index is 1.86. The van der Waals surface area contributed by atoms with Crippen LogP contribution in [0, 0.1) is 5.82 Å². The van der Waals surface area contributed by atoms with Gasteiger partial charge >= 0.3 is 0 Å². The lowest BCUT2D eigenvalue weighted by atomic mass is 10.1. The first-order chi connectivity index (χ1) is 9.05. The van der Waals surface area contributed by atoms with Gasteiger partial charge in [0.15, 0.2) is 0 Å². The Morgan fingerprint density at radius 3 is 2.89 bits per heavy atom. The Hall–Kier alpha value is -0.980. The molecule has 1 aromatic carbocycles. The van der Waals surface area contributed by atoms with Gasteiger partial charge in [0, 0.05) is 12.6 Å². The van der Waals surface area contributed by atoms with Gasteiger partial charge < -0.3 is 5.32 Å². The summed E-state index contributed by atoms with van der Waals surface area (Å²) in [7, 11) is -3.33. The van der Waals surface area contributed by atoms with Gasteiger partial charge in [-0.25, -0.2) is 17.5 Å². The van der Waals surface area contributed by atoms with Gasteiger partial charge in [-0.05, 0) is 37.1 Å². The molecule has 0 saturated carbocycles. The second kappa shape index (κ2) is 6.45. The van der Waals surface area contributed by atoms with Gasteiger partial charge in [0.05, 0.1) is 5.75 Å². The summed E-state index contributed by atoms with van der Waals surface area (Å²) in [4.78, 5) is 0. The third-order valence-electron chi connectivity index (χ3n) is 3.22. The monoisotopic (exact) mass is 286 g/mol. The van der Waals surface area contributed by atoms with Crippen LogP contribution in [-0.4, -0.2) is 26.8 Å². The summed E-state index contributed by atoms with van der Waals surface area (Å²) in [6.45, 7) is 1.01. The van der Waals surface area contributed by atoms with Crippen LogP contribution in [0.15, 0.2) is 24.3 Å². The molecule has 2 rings (SSSR count). The molecule has 1 aromatic rings. The number of nitrogens with one attached hydrogen (secondary N) is 2. The van der Waals surface area contributed by atoms with Crippen LogP contribution in [0.2, 0.25) is 0 Å². The van der Waals surface area contributed by atoms with E-state index in [1.807, 2.05) is 0 Å². The molecule has 0 aromatic heterocycles. The van der Waals surface area contributed by atoms with Crippen LogP contribution in [0.1, 0.15) is 24.8 Å². The molecule has 0 spiro atoms. The van der Waals surface area contributed by atoms with Gasteiger partial charge in [0.25, 0.3) is 0 Å². The molecule has 1 atom stereocenters. The fourth-order valence-corrected chi connectivity index (χ4v) is 3.55. The smallest absolute Gasteiger partial charge is 0.213 e. The van der Waals surface area contributed by atoms with E-state index in [1.54, 1.807) is 12.1 Å². The van der Waals surface area contributed by atoms with Gasteiger partial charge in [-0.3, -0.25) is 0 Å². The van der Waals surface area contributed by atoms with Crippen molar-refractivity contribution in [1.82, 2.24) is 10.0 Å². The zero-order valence-corrected chi connectivity index (χ0v) is 11.5. The molecule has 106 valence electrons. The lowest BCUT2D eigenvalue weighted by Gasteiger charge is -2.23. The van der Waals surface area contributed by atoms with Crippen molar-refractivity contribution in [3.8, 4) is 0 Å². The lowest BCUT2D eigenvalue weighted by molar-refractivity contribution is 0.422. The molecule has 1 aliphatic rings. The maximum absolute atomic E-state index is 13.0. The first-order valence-corrected chi connectivity index (χ1v) is 8.15. The zero-order valence-electron chi connectivity index (χ0n) is 10.7. The maximum Gasteiger partial charge on any atom is 0.213 e. The highest BCUT2D eigenvalue weighted by Gasteiger charge is 2.20. The van der Waals surface area contributed by atoms with Crippen LogP contribution in [0.5, 0.6) is 0 Å². The fraction of sp³-hybridized carbons (Fsp3) is 0.538. The summed E-state index contributed by atoms with van der Waals surface area (Å²) < 4.78 is 39.3. The van der Waals surface area contributed by atoms with E-state index in [9.17, 15) is 12.8 Å². The van der Waals surface area contributed by atoms with Crippen molar-refractivity contribution in [1.29, 1.82) is 0 Å². The topological polar surface area (TPSA) is 58.2 Å². The highest BCUT2D eigenvalue weighted by Crippen LogP contribution is 2.09. The summed E-state index contributed by atoms with van der Waals surface area (Å²) in [5, 5.41) is 3.20. The van der Waals surface area contributed by atoms with Crippen LogP contribution >= 0.6 is 0 Å². The number of halogens is 1. The van der Waals surface area contributed by atoms with E-state index in [2.05, 4.69) is 10.0 Å². The van der Waals surface area contributed by atoms with E-state index in [1.165, 1.54) is 12.1 Å². The molecular formula is C13H19FN2O2S. The van der Waals surface area contributed by atoms with Crippen molar-refractivity contribution in [2.75, 3.05) is 12.3 Å². The average Bonchev–Trinajstić information content (AvgIpc) is 2.37. The Morgan fingerprint density at radius 1 is 1.37 bits per heavy atom. The van der Waals surface area contributed by atoms with Crippen LogP contribution in [-0.2, 0) is 16.6 Å². The van der Waals surface area contributed by atoms with Crippen molar-refractivity contribution in [2.45, 2.75) is 31.8 Å². The normalized spacial score (nSPS) is 20.4. The number of hydrogen-bond donors (Lipinski definition) is 2. The first kappa shape index (κ1) is 14.4. The molecule has 4 nitrogen and oxygen atoms in total. The van der Waals surface area contributed by atoms with Gasteiger partial charge in [-0.1, -0.05) is 18.6 Å². The average molecular weight is 286 g/mol. The Morgan fingerprint density at radius 2 is 2.21 bits per heavy atom. The SMILES string of the molecule is O=S(=O)(CC1CCCCN1)NCc1cccc(F)c1. The molecule has 1 heterocycles. The van der Waals surface area contributed by atoms with E-state index in [0.29, 0.717) is 5.56 Å². The zero-order chi connectivity index (χ0) is 13.7. The van der Waals surface area contributed by atoms with Gasteiger partial charge in [0.1, 0.15) is 5.82 Å². The van der Waals surface area contributed by atoms with Crippen molar-refractivity contribution < 1.29 is 12.8 Å². The largest absolute Gasteiger partial charge is 0.313 e. The molecule has 19 heavy (non-hydrogen) atoms. The second-order valence-corrected chi connectivity index (χ2v) is 6.73. The van der Waals surface area contributed by atoms with E-state index in [-0.39, 0.29) is 24.2 Å². The number of sulfonamides is 1. The van der Waals surface area contributed by atoms with Crippen LogP contribution in [0.25, 0.3) is 0 Å². The molecule has 0 aliphatic carbocycles. The lowest BCUT2D eigenvalue weighted by Crippen LogP contribution is -2.42. The summed E-state index contributed by atoms with van der Waals surface area (Å²) in [5.74, 6) is -0.270. The summed E-state index contributed by atoms with van der Waals surface area (Å²) in [6, 6.07) is 5.97. The molecule has 0 amide bonds. The van der Waals surface area contributed by atoms with Gasteiger partial charge in [0.2, 0.25) is 10.0 Å². The molecule has 0 bridgehead atoms. The predicted octanol–water partition coefficient (Wildman–Crippen LogP) is 1.39. The Labute approximate surface area is 113 Å². The minimum atomic E-state index is -3.33. The van der Waals surface area contributed by atoms with Crippen LogP contribution < -0.4 is 10.0 Å². The van der Waals surface area contributed by atoms with Crippen LogP contribution in [0.4, 0.5) is 4.39 Å². The summed E-state index contributed by atoms with van der Waals surface area (Å²) >= 11 is 0. The predicted molar refractivity (Wildman–Crippen MR) is 72.7 cm³/mol. The highest BCUT2D eigenvalue weighted by atomic mass is 32.2. The number of hydrogen-bond acceptors (Lipinski definition) is 3. The Kier molecular flexibility index (Phi) is 4.90. The minimum Gasteiger partial charge on any atom is -0.313 e.